The molecule has 0 atom stereocenters. The van der Waals surface area contributed by atoms with Gasteiger partial charge in [0.05, 0.1) is 18.0 Å². The molecule has 2 aromatic carbocycles. The highest BCUT2D eigenvalue weighted by molar-refractivity contribution is 7.89. The van der Waals surface area contributed by atoms with Crippen LogP contribution in [0.1, 0.15) is 5.89 Å². The summed E-state index contributed by atoms with van der Waals surface area (Å²) in [6.45, 7) is -0.321. The first-order valence-corrected chi connectivity index (χ1v) is 10.9. The van der Waals surface area contributed by atoms with E-state index in [4.69, 9.17) is 27.7 Å². The first kappa shape index (κ1) is 22.2. The summed E-state index contributed by atoms with van der Waals surface area (Å²) >= 11 is 11.8. The average Bonchev–Trinajstić information content (AvgIpc) is 3.16. The van der Waals surface area contributed by atoms with Crippen molar-refractivity contribution < 1.29 is 17.7 Å². The largest absolute Gasteiger partial charge is 0.337 e. The summed E-state index contributed by atoms with van der Waals surface area (Å²) < 4.78 is 31.4. The lowest BCUT2D eigenvalue weighted by Gasteiger charge is -2.20. The molecule has 0 N–H and O–H groups in total. The van der Waals surface area contributed by atoms with Gasteiger partial charge in [0.25, 0.3) is 0 Å². The Labute approximate surface area is 184 Å². The van der Waals surface area contributed by atoms with E-state index in [9.17, 15) is 13.2 Å². The van der Waals surface area contributed by atoms with Crippen molar-refractivity contribution in [3.05, 3.63) is 64.5 Å². The number of carbonyl (C=O) groups is 1. The van der Waals surface area contributed by atoms with Crippen LogP contribution in [-0.4, -0.2) is 54.3 Å². The molecule has 3 rings (SSSR count). The lowest BCUT2D eigenvalue weighted by atomic mass is 10.2. The zero-order valence-electron chi connectivity index (χ0n) is 16.1. The van der Waals surface area contributed by atoms with Crippen LogP contribution < -0.4 is 0 Å². The predicted molar refractivity (Wildman–Crippen MR) is 112 cm³/mol. The number of hydrogen-bond acceptors (Lipinski definition) is 6. The van der Waals surface area contributed by atoms with Crippen molar-refractivity contribution in [1.82, 2.24) is 19.3 Å². The Kier molecular flexibility index (Phi) is 6.77. The molecule has 0 aliphatic carbocycles. The maximum absolute atomic E-state index is 12.6. The van der Waals surface area contributed by atoms with Crippen molar-refractivity contribution in [3.63, 3.8) is 0 Å². The number of halogens is 2. The monoisotopic (exact) mass is 468 g/mol. The minimum absolute atomic E-state index is 0.0290. The smallest absolute Gasteiger partial charge is 0.246 e. The van der Waals surface area contributed by atoms with Gasteiger partial charge in [0.15, 0.2) is 0 Å². The molecule has 1 amide bonds. The van der Waals surface area contributed by atoms with Crippen LogP contribution in [0.4, 0.5) is 0 Å². The van der Waals surface area contributed by atoms with E-state index in [1.807, 2.05) is 0 Å². The number of aromatic nitrogens is 2. The molecule has 0 saturated carbocycles. The number of sulfonamides is 1. The second-order valence-corrected chi connectivity index (χ2v) is 9.40. The topological polar surface area (TPSA) is 96.6 Å². The number of nitrogens with zero attached hydrogens (tertiary/aromatic N) is 4. The minimum atomic E-state index is -3.83. The molecule has 0 bridgehead atoms. The van der Waals surface area contributed by atoms with Crippen molar-refractivity contribution in [2.24, 2.45) is 0 Å². The van der Waals surface area contributed by atoms with Gasteiger partial charge in [-0.1, -0.05) is 40.5 Å². The fourth-order valence-corrected chi connectivity index (χ4v) is 3.97. The summed E-state index contributed by atoms with van der Waals surface area (Å²) in [4.78, 5) is 18.1. The SMILES string of the molecule is CN(Cc1nc(-c2cccc(Cl)c2)no1)C(=O)CN(C)S(=O)(=O)c1ccc(Cl)cc1. The van der Waals surface area contributed by atoms with E-state index in [1.165, 1.54) is 43.3 Å². The Morgan fingerprint density at radius 2 is 1.77 bits per heavy atom. The van der Waals surface area contributed by atoms with E-state index in [2.05, 4.69) is 10.1 Å². The summed E-state index contributed by atoms with van der Waals surface area (Å²) in [6.07, 6.45) is 0. The van der Waals surface area contributed by atoms with Crippen molar-refractivity contribution in [3.8, 4) is 11.4 Å². The number of rotatable bonds is 7. The zero-order valence-corrected chi connectivity index (χ0v) is 18.4. The van der Waals surface area contributed by atoms with E-state index < -0.39 is 15.9 Å². The molecule has 0 aliphatic rings. The molecular weight excluding hydrogens is 451 g/mol. The third-order valence-corrected chi connectivity index (χ3v) is 6.53. The van der Waals surface area contributed by atoms with Gasteiger partial charge in [-0.25, -0.2) is 8.42 Å². The molecule has 0 spiro atoms. The third kappa shape index (κ3) is 5.17. The van der Waals surface area contributed by atoms with Gasteiger partial charge in [0.1, 0.15) is 0 Å². The number of carbonyl (C=O) groups excluding carboxylic acids is 1. The zero-order chi connectivity index (χ0) is 21.9. The van der Waals surface area contributed by atoms with Crippen molar-refractivity contribution in [1.29, 1.82) is 0 Å². The van der Waals surface area contributed by atoms with Gasteiger partial charge in [0, 0.05) is 29.7 Å². The highest BCUT2D eigenvalue weighted by Crippen LogP contribution is 2.20. The molecule has 0 aliphatic heterocycles. The van der Waals surface area contributed by atoms with Crippen molar-refractivity contribution in [2.75, 3.05) is 20.6 Å². The Morgan fingerprint density at radius 3 is 2.43 bits per heavy atom. The van der Waals surface area contributed by atoms with E-state index in [0.717, 1.165) is 4.31 Å². The van der Waals surface area contributed by atoms with Gasteiger partial charge < -0.3 is 9.42 Å². The Balaban J connectivity index is 1.64. The summed E-state index contributed by atoms with van der Waals surface area (Å²) in [5.41, 5.74) is 0.681. The highest BCUT2D eigenvalue weighted by atomic mass is 35.5. The molecule has 11 heteroatoms. The van der Waals surface area contributed by atoms with Crippen LogP contribution in [0.5, 0.6) is 0 Å². The van der Waals surface area contributed by atoms with Crippen LogP contribution in [-0.2, 0) is 21.4 Å². The standard InChI is InChI=1S/C19H18Cl2N4O4S/c1-24(11-17-22-19(23-29-17)13-4-3-5-15(21)10-13)18(26)12-25(2)30(27,28)16-8-6-14(20)7-9-16/h3-10H,11-12H2,1-2H3. The van der Waals surface area contributed by atoms with Crippen LogP contribution in [0.2, 0.25) is 10.0 Å². The second-order valence-electron chi connectivity index (χ2n) is 6.49. The summed E-state index contributed by atoms with van der Waals surface area (Å²) in [5, 5.41) is 4.85. The quantitative estimate of drug-likeness (QED) is 0.527. The fourth-order valence-electron chi connectivity index (χ4n) is 2.54. The molecule has 3 aromatic rings. The molecular formula is C19H18Cl2N4O4S. The lowest BCUT2D eigenvalue weighted by molar-refractivity contribution is -0.130. The number of benzene rings is 2. The van der Waals surface area contributed by atoms with Crippen LogP contribution in [0.25, 0.3) is 11.4 Å². The van der Waals surface area contributed by atoms with Gasteiger partial charge in [-0.3, -0.25) is 4.79 Å². The Morgan fingerprint density at radius 1 is 1.07 bits per heavy atom. The molecule has 8 nitrogen and oxygen atoms in total. The van der Waals surface area contributed by atoms with Crippen LogP contribution in [0.3, 0.4) is 0 Å². The Bertz CT molecular complexity index is 1150. The molecule has 0 unspecified atom stereocenters. The van der Waals surface area contributed by atoms with Crippen LogP contribution in [0, 0.1) is 0 Å². The van der Waals surface area contributed by atoms with Gasteiger partial charge in [-0.15, -0.1) is 0 Å². The van der Waals surface area contributed by atoms with Crippen LogP contribution >= 0.6 is 23.2 Å². The highest BCUT2D eigenvalue weighted by Gasteiger charge is 2.25. The molecule has 0 radical (unpaired) electrons. The minimum Gasteiger partial charge on any atom is -0.337 e. The second kappa shape index (κ2) is 9.13. The van der Waals surface area contributed by atoms with Crippen LogP contribution in [0.15, 0.2) is 57.9 Å². The van der Waals surface area contributed by atoms with E-state index in [1.54, 1.807) is 24.3 Å². The Hall–Kier alpha value is -2.46. The molecule has 158 valence electrons. The first-order valence-electron chi connectivity index (χ1n) is 8.71. The van der Waals surface area contributed by atoms with Gasteiger partial charge in [-0.2, -0.15) is 9.29 Å². The van der Waals surface area contributed by atoms with Crippen molar-refractivity contribution in [2.45, 2.75) is 11.4 Å². The number of hydrogen-bond donors (Lipinski definition) is 0. The summed E-state index contributed by atoms with van der Waals surface area (Å²) in [5.74, 6) is 0.123. The van der Waals surface area contributed by atoms with E-state index >= 15 is 0 Å². The maximum atomic E-state index is 12.6. The summed E-state index contributed by atoms with van der Waals surface area (Å²) in [7, 11) is -0.975. The summed E-state index contributed by atoms with van der Waals surface area (Å²) in [6, 6.07) is 12.7. The van der Waals surface area contributed by atoms with Crippen molar-refractivity contribution >= 4 is 39.1 Å². The van der Waals surface area contributed by atoms with E-state index in [-0.39, 0.29) is 23.9 Å². The lowest BCUT2D eigenvalue weighted by Crippen LogP contribution is -2.39. The molecule has 0 saturated heterocycles. The normalized spacial score (nSPS) is 11.6. The third-order valence-electron chi connectivity index (χ3n) is 4.23. The fraction of sp³-hybridized carbons (Fsp3) is 0.211. The average molecular weight is 469 g/mol. The molecule has 0 fully saturated rings. The van der Waals surface area contributed by atoms with Gasteiger partial charge >= 0.3 is 0 Å². The first-order chi connectivity index (χ1) is 14.2. The van der Waals surface area contributed by atoms with E-state index in [0.29, 0.717) is 21.4 Å². The molecule has 1 heterocycles. The molecule has 30 heavy (non-hydrogen) atoms. The molecule has 1 aromatic heterocycles. The number of amides is 1. The van der Waals surface area contributed by atoms with Gasteiger partial charge in [-0.05, 0) is 36.4 Å². The predicted octanol–water partition coefficient (Wildman–Crippen LogP) is 3.32. The number of likely N-dealkylation sites (N-methyl/N-ethyl adjacent to an activating group) is 2. The van der Waals surface area contributed by atoms with Gasteiger partial charge in [0.2, 0.25) is 27.6 Å². The maximum Gasteiger partial charge on any atom is 0.246 e.